The van der Waals surface area contributed by atoms with E-state index in [1.54, 1.807) is 11.7 Å². The fraction of sp³-hybridized carbons (Fsp3) is 0.438. The minimum absolute atomic E-state index is 0.0533. The minimum atomic E-state index is -0.0533. The number of likely N-dealkylation sites (tertiary alicyclic amines) is 1. The van der Waals surface area contributed by atoms with Crippen molar-refractivity contribution in [1.29, 1.82) is 0 Å². The van der Waals surface area contributed by atoms with Crippen molar-refractivity contribution in [2.45, 2.75) is 12.8 Å². The zero-order valence-corrected chi connectivity index (χ0v) is 12.9. The Labute approximate surface area is 129 Å². The molecule has 2 aromatic rings. The number of amides is 1. The van der Waals surface area contributed by atoms with Gasteiger partial charge in [-0.25, -0.2) is 0 Å². The number of nitrogens with two attached hydrogens (primary N) is 1. The lowest BCUT2D eigenvalue weighted by Gasteiger charge is -2.16. The maximum Gasteiger partial charge on any atom is 0.276 e. The molecule has 0 spiro atoms. The fourth-order valence-electron chi connectivity index (χ4n) is 3.11. The predicted molar refractivity (Wildman–Crippen MR) is 83.4 cm³/mol. The predicted octanol–water partition coefficient (Wildman–Crippen LogP) is 0.938. The minimum Gasteiger partial charge on any atom is -0.336 e. The summed E-state index contributed by atoms with van der Waals surface area (Å²) in [5, 5.41) is 7.92. The molecule has 1 amide bonds. The van der Waals surface area contributed by atoms with E-state index in [4.69, 9.17) is 5.73 Å². The summed E-state index contributed by atoms with van der Waals surface area (Å²) in [6.45, 7) is 3.78. The van der Waals surface area contributed by atoms with E-state index >= 15 is 0 Å². The van der Waals surface area contributed by atoms with E-state index in [-0.39, 0.29) is 17.7 Å². The highest BCUT2D eigenvalue weighted by Crippen LogP contribution is 2.32. The van der Waals surface area contributed by atoms with Gasteiger partial charge in [0.1, 0.15) is 0 Å². The second kappa shape index (κ2) is 5.88. The Bertz CT molecular complexity index is 666. The molecular formula is C16H21N5O. The highest BCUT2D eigenvalue weighted by atomic mass is 16.2. The molecule has 2 N–H and O–H groups in total. The van der Waals surface area contributed by atoms with Crippen LogP contribution in [0.3, 0.4) is 0 Å². The van der Waals surface area contributed by atoms with Gasteiger partial charge in [0.05, 0.1) is 5.69 Å². The molecule has 116 valence electrons. The molecule has 6 heteroatoms. The Balaban J connectivity index is 1.82. The van der Waals surface area contributed by atoms with Gasteiger partial charge in [-0.3, -0.25) is 9.48 Å². The number of carbonyl (C=O) groups excluding carboxylic acids is 1. The van der Waals surface area contributed by atoms with Gasteiger partial charge in [0.25, 0.3) is 5.91 Å². The average molecular weight is 299 g/mol. The summed E-state index contributed by atoms with van der Waals surface area (Å²) in [6, 6.07) is 10.3. The molecule has 1 aromatic heterocycles. The Morgan fingerprint density at radius 1 is 1.32 bits per heavy atom. The van der Waals surface area contributed by atoms with Gasteiger partial charge in [-0.05, 0) is 24.9 Å². The van der Waals surface area contributed by atoms with Crippen LogP contribution in [0.15, 0.2) is 30.3 Å². The number of benzene rings is 1. The van der Waals surface area contributed by atoms with E-state index in [1.165, 1.54) is 5.56 Å². The van der Waals surface area contributed by atoms with Gasteiger partial charge in [0.2, 0.25) is 0 Å². The van der Waals surface area contributed by atoms with Crippen molar-refractivity contribution in [3.63, 3.8) is 0 Å². The molecule has 2 atom stereocenters. The summed E-state index contributed by atoms with van der Waals surface area (Å²) in [6.07, 6.45) is 0. The van der Waals surface area contributed by atoms with Gasteiger partial charge >= 0.3 is 0 Å². The number of aromatic nitrogens is 3. The van der Waals surface area contributed by atoms with Gasteiger partial charge in [0.15, 0.2) is 5.69 Å². The lowest BCUT2D eigenvalue weighted by Crippen LogP contribution is -2.30. The van der Waals surface area contributed by atoms with Crippen LogP contribution in [-0.4, -0.2) is 45.4 Å². The number of hydrogen-bond acceptors (Lipinski definition) is 4. The first-order valence-electron chi connectivity index (χ1n) is 7.52. The van der Waals surface area contributed by atoms with Crippen molar-refractivity contribution in [2.75, 3.05) is 19.6 Å². The third kappa shape index (κ3) is 2.50. The lowest BCUT2D eigenvalue weighted by atomic mass is 9.89. The Morgan fingerprint density at radius 2 is 2.05 bits per heavy atom. The summed E-state index contributed by atoms with van der Waals surface area (Å²) >= 11 is 0. The molecule has 0 radical (unpaired) electrons. The van der Waals surface area contributed by atoms with Crippen molar-refractivity contribution in [1.82, 2.24) is 19.9 Å². The molecule has 1 saturated heterocycles. The molecular weight excluding hydrogens is 278 g/mol. The van der Waals surface area contributed by atoms with E-state index in [1.807, 2.05) is 30.0 Å². The molecule has 1 aliphatic heterocycles. The smallest absolute Gasteiger partial charge is 0.276 e. The molecule has 22 heavy (non-hydrogen) atoms. The fourth-order valence-corrected chi connectivity index (χ4v) is 3.11. The van der Waals surface area contributed by atoms with Crippen LogP contribution in [0.1, 0.15) is 27.7 Å². The van der Waals surface area contributed by atoms with Crippen LogP contribution < -0.4 is 5.73 Å². The van der Waals surface area contributed by atoms with Crippen molar-refractivity contribution in [3.8, 4) is 0 Å². The van der Waals surface area contributed by atoms with E-state index in [0.717, 1.165) is 5.69 Å². The zero-order chi connectivity index (χ0) is 15.7. The molecule has 1 fully saturated rings. The van der Waals surface area contributed by atoms with Crippen LogP contribution >= 0.6 is 0 Å². The van der Waals surface area contributed by atoms with Crippen LogP contribution in [0.25, 0.3) is 0 Å². The largest absolute Gasteiger partial charge is 0.336 e. The molecule has 0 bridgehead atoms. The molecule has 1 aromatic carbocycles. The number of rotatable bonds is 3. The molecule has 2 heterocycles. The molecule has 0 aliphatic carbocycles. The van der Waals surface area contributed by atoms with Crippen molar-refractivity contribution < 1.29 is 4.79 Å². The normalized spacial score (nSPS) is 21.3. The maximum atomic E-state index is 12.7. The summed E-state index contributed by atoms with van der Waals surface area (Å²) in [4.78, 5) is 14.5. The number of hydrogen-bond donors (Lipinski definition) is 1. The monoisotopic (exact) mass is 299 g/mol. The van der Waals surface area contributed by atoms with Crippen LogP contribution in [0, 0.1) is 12.8 Å². The van der Waals surface area contributed by atoms with Crippen LogP contribution in [0.5, 0.6) is 0 Å². The SMILES string of the molecule is Cc1c(C(=O)N2C[C@@H](CN)[C@H](c3ccccc3)C2)nnn1C. The number of nitrogens with zero attached hydrogens (tertiary/aromatic N) is 4. The van der Waals surface area contributed by atoms with E-state index in [2.05, 4.69) is 22.4 Å². The van der Waals surface area contributed by atoms with Crippen molar-refractivity contribution in [2.24, 2.45) is 18.7 Å². The summed E-state index contributed by atoms with van der Waals surface area (Å²) < 4.78 is 1.62. The van der Waals surface area contributed by atoms with Gasteiger partial charge in [-0.2, -0.15) is 0 Å². The topological polar surface area (TPSA) is 77.0 Å². The molecule has 3 rings (SSSR count). The summed E-state index contributed by atoms with van der Waals surface area (Å²) in [5.41, 5.74) is 8.39. The van der Waals surface area contributed by atoms with E-state index < -0.39 is 0 Å². The van der Waals surface area contributed by atoms with Crippen LogP contribution in [-0.2, 0) is 7.05 Å². The lowest BCUT2D eigenvalue weighted by molar-refractivity contribution is 0.0779. The van der Waals surface area contributed by atoms with E-state index in [0.29, 0.717) is 25.3 Å². The third-order valence-corrected chi connectivity index (χ3v) is 4.57. The highest BCUT2D eigenvalue weighted by Gasteiger charge is 2.36. The Hall–Kier alpha value is -2.21. The third-order valence-electron chi connectivity index (χ3n) is 4.57. The van der Waals surface area contributed by atoms with Gasteiger partial charge in [-0.1, -0.05) is 35.5 Å². The van der Waals surface area contributed by atoms with Crippen molar-refractivity contribution >= 4 is 5.91 Å². The molecule has 0 unspecified atom stereocenters. The Morgan fingerprint density at radius 3 is 2.64 bits per heavy atom. The first kappa shape index (κ1) is 14.7. The Kier molecular flexibility index (Phi) is 3.94. The maximum absolute atomic E-state index is 12.7. The van der Waals surface area contributed by atoms with E-state index in [9.17, 15) is 4.79 Å². The first-order valence-corrected chi connectivity index (χ1v) is 7.52. The second-order valence-corrected chi connectivity index (χ2v) is 5.87. The molecule has 1 aliphatic rings. The van der Waals surface area contributed by atoms with Crippen LogP contribution in [0.2, 0.25) is 0 Å². The molecule has 6 nitrogen and oxygen atoms in total. The standard InChI is InChI=1S/C16H21N5O/c1-11-15(18-19-20(11)2)16(22)21-9-13(8-17)14(10-21)12-6-4-3-5-7-12/h3-7,13-14H,8-10,17H2,1-2H3/t13-,14+/m1/s1. The highest BCUT2D eigenvalue weighted by molar-refractivity contribution is 5.93. The summed E-state index contributed by atoms with van der Waals surface area (Å²) in [5.74, 6) is 0.512. The number of carbonyl (C=O) groups is 1. The number of aryl methyl sites for hydroxylation is 1. The van der Waals surface area contributed by atoms with Gasteiger partial charge in [-0.15, -0.1) is 5.10 Å². The van der Waals surface area contributed by atoms with Crippen LogP contribution in [0.4, 0.5) is 0 Å². The average Bonchev–Trinajstić information content (AvgIpc) is 3.12. The second-order valence-electron chi connectivity index (χ2n) is 5.87. The molecule has 0 saturated carbocycles. The van der Waals surface area contributed by atoms with Crippen molar-refractivity contribution in [3.05, 3.63) is 47.3 Å². The van der Waals surface area contributed by atoms with Gasteiger partial charge in [0, 0.05) is 26.1 Å². The summed E-state index contributed by atoms with van der Waals surface area (Å²) in [7, 11) is 1.79. The van der Waals surface area contributed by atoms with Gasteiger partial charge < -0.3 is 10.6 Å². The first-order chi connectivity index (χ1) is 10.6. The zero-order valence-electron chi connectivity index (χ0n) is 12.9. The quantitative estimate of drug-likeness (QED) is 0.915.